The van der Waals surface area contributed by atoms with Gasteiger partial charge >= 0.3 is 12.2 Å². The number of hydrogen-bond acceptors (Lipinski definition) is 6. The predicted molar refractivity (Wildman–Crippen MR) is 129 cm³/mol. The number of nitrogens with zero attached hydrogens (tertiary/aromatic N) is 3. The Morgan fingerprint density at radius 2 is 1.84 bits per heavy atom. The van der Waals surface area contributed by atoms with Crippen molar-refractivity contribution in [3.8, 4) is 6.07 Å². The summed E-state index contributed by atoms with van der Waals surface area (Å²) in [5.74, 6) is -0.434. The summed E-state index contributed by atoms with van der Waals surface area (Å²) < 4.78 is 71.3. The smallest absolute Gasteiger partial charge is 0.381 e. The van der Waals surface area contributed by atoms with E-state index in [0.29, 0.717) is 13.2 Å². The van der Waals surface area contributed by atoms with Gasteiger partial charge in [-0.25, -0.2) is 13.2 Å². The molecular formula is C26H22F3N3O5S. The van der Waals surface area contributed by atoms with Crippen LogP contribution in [-0.4, -0.2) is 51.1 Å². The van der Waals surface area contributed by atoms with E-state index in [4.69, 9.17) is 4.74 Å². The van der Waals surface area contributed by atoms with E-state index in [0.717, 1.165) is 23.3 Å². The molecule has 12 heteroatoms. The van der Waals surface area contributed by atoms with Gasteiger partial charge in [-0.1, -0.05) is 12.1 Å². The molecule has 0 spiro atoms. The number of urea groups is 1. The summed E-state index contributed by atoms with van der Waals surface area (Å²) in [7, 11) is -3.90. The number of benzene rings is 2. The van der Waals surface area contributed by atoms with Crippen LogP contribution in [0.25, 0.3) is 0 Å². The molecule has 1 aliphatic carbocycles. The molecule has 0 radical (unpaired) electrons. The number of nitriles is 1. The minimum Gasteiger partial charge on any atom is -0.381 e. The van der Waals surface area contributed by atoms with Gasteiger partial charge in [0, 0.05) is 36.4 Å². The number of alkyl halides is 3. The molecule has 2 aromatic carbocycles. The molecule has 38 heavy (non-hydrogen) atoms. The minimum atomic E-state index is -4.64. The molecule has 5 rings (SSSR count). The number of Topliss-reactive ketones (excluding diaryl/α,β-unsaturated/α-hetero) is 1. The summed E-state index contributed by atoms with van der Waals surface area (Å²) in [4.78, 5) is 29.6. The number of ether oxygens (including phenoxy) is 1. The van der Waals surface area contributed by atoms with E-state index in [1.54, 1.807) is 0 Å². The van der Waals surface area contributed by atoms with Gasteiger partial charge < -0.3 is 9.64 Å². The summed E-state index contributed by atoms with van der Waals surface area (Å²) in [5, 5.41) is 9.34. The molecule has 1 saturated heterocycles. The second-order valence-corrected chi connectivity index (χ2v) is 11.5. The van der Waals surface area contributed by atoms with Gasteiger partial charge in [0.05, 0.1) is 47.0 Å². The van der Waals surface area contributed by atoms with Crippen LogP contribution in [0.5, 0.6) is 0 Å². The topological polar surface area (TPSA) is 108 Å². The van der Waals surface area contributed by atoms with E-state index in [1.807, 2.05) is 6.07 Å². The first kappa shape index (κ1) is 25.9. The molecule has 0 bridgehead atoms. The van der Waals surface area contributed by atoms with Crippen LogP contribution in [-0.2, 0) is 25.5 Å². The number of halogens is 3. The Balaban J connectivity index is 1.74. The second kappa shape index (κ2) is 9.25. The fraction of sp³-hybridized carbons (Fsp3) is 0.346. The summed E-state index contributed by atoms with van der Waals surface area (Å²) >= 11 is 0. The van der Waals surface area contributed by atoms with Crippen molar-refractivity contribution in [2.24, 2.45) is 5.92 Å². The van der Waals surface area contributed by atoms with E-state index in [2.05, 4.69) is 0 Å². The van der Waals surface area contributed by atoms with E-state index >= 15 is 0 Å². The van der Waals surface area contributed by atoms with Gasteiger partial charge in [-0.05, 0) is 42.3 Å². The van der Waals surface area contributed by atoms with Crippen molar-refractivity contribution in [3.63, 3.8) is 0 Å². The fourth-order valence-corrected chi connectivity index (χ4v) is 6.08. The maximum Gasteiger partial charge on any atom is 0.416 e. The Morgan fingerprint density at radius 3 is 2.45 bits per heavy atom. The van der Waals surface area contributed by atoms with Crippen LogP contribution in [0.2, 0.25) is 0 Å². The van der Waals surface area contributed by atoms with Gasteiger partial charge in [0.1, 0.15) is 0 Å². The molecule has 0 saturated carbocycles. The lowest BCUT2D eigenvalue weighted by Gasteiger charge is -2.45. The summed E-state index contributed by atoms with van der Waals surface area (Å²) in [6.45, 7) is 0.769. The molecule has 1 atom stereocenters. The summed E-state index contributed by atoms with van der Waals surface area (Å²) in [6, 6.07) is 8.51. The van der Waals surface area contributed by atoms with Gasteiger partial charge in [-0.3, -0.25) is 9.69 Å². The lowest BCUT2D eigenvalue weighted by atomic mass is 9.91. The Hall–Kier alpha value is -3.69. The molecule has 2 amide bonds. The Labute approximate surface area is 216 Å². The number of ketones is 1. The van der Waals surface area contributed by atoms with Crippen molar-refractivity contribution in [1.29, 1.82) is 5.26 Å². The quantitative estimate of drug-likeness (QED) is 0.557. The van der Waals surface area contributed by atoms with Crippen LogP contribution in [0.3, 0.4) is 0 Å². The number of amides is 2. The normalized spacial score (nSPS) is 20.4. The SMILES string of the molecule is CS(=O)(=O)c1cc(C#N)ccc1[C@H]1C2=C(CCC2=O)N(c2cccc(C(F)(F)F)c2)C(=O)N1CC1COC1. The molecule has 0 N–H and O–H groups in total. The highest BCUT2D eigenvalue weighted by Crippen LogP contribution is 2.47. The standard InChI is InChI=1S/C26H22F3N3O5S/c1-38(35,36)22-9-15(11-30)5-6-19(22)24-23-20(7-8-21(23)33)32(25(34)31(24)12-16-13-37-14-16)18-4-2-3-17(10-18)26(27,28)29/h2-6,9-10,16,24H,7-8,12-14H2,1H3/t24-/m0/s1. The van der Waals surface area contributed by atoms with Crippen molar-refractivity contribution in [2.75, 3.05) is 30.9 Å². The first-order chi connectivity index (χ1) is 17.9. The van der Waals surface area contributed by atoms with E-state index in [1.165, 1.54) is 35.2 Å². The fourth-order valence-electron chi connectivity index (χ4n) is 5.13. The maximum atomic E-state index is 14.1. The second-order valence-electron chi connectivity index (χ2n) is 9.54. The lowest BCUT2D eigenvalue weighted by molar-refractivity contribution is -0.137. The van der Waals surface area contributed by atoms with E-state index in [-0.39, 0.29) is 64.1 Å². The molecule has 3 aliphatic rings. The highest BCUT2D eigenvalue weighted by molar-refractivity contribution is 7.90. The number of allylic oxidation sites excluding steroid dienone is 1. The molecule has 1 fully saturated rings. The molecule has 8 nitrogen and oxygen atoms in total. The Bertz CT molecular complexity index is 1520. The molecule has 2 aliphatic heterocycles. The summed E-state index contributed by atoms with van der Waals surface area (Å²) in [5.41, 5.74) is -0.323. The summed E-state index contributed by atoms with van der Waals surface area (Å²) in [6.07, 6.45) is -3.54. The number of anilines is 1. The average molecular weight is 546 g/mol. The van der Waals surface area contributed by atoms with Gasteiger partial charge in [0.15, 0.2) is 15.6 Å². The van der Waals surface area contributed by atoms with Gasteiger partial charge in [-0.15, -0.1) is 0 Å². The third kappa shape index (κ3) is 4.46. The third-order valence-corrected chi connectivity index (χ3v) is 8.08. The largest absolute Gasteiger partial charge is 0.416 e. The van der Waals surface area contributed by atoms with Crippen LogP contribution in [0, 0.1) is 17.2 Å². The lowest BCUT2D eigenvalue weighted by Crippen LogP contribution is -2.53. The van der Waals surface area contributed by atoms with Crippen molar-refractivity contribution < 1.29 is 35.9 Å². The van der Waals surface area contributed by atoms with E-state index < -0.39 is 33.6 Å². The zero-order chi connectivity index (χ0) is 27.4. The van der Waals surface area contributed by atoms with Crippen molar-refractivity contribution in [3.05, 3.63) is 70.4 Å². The average Bonchev–Trinajstić information content (AvgIpc) is 3.20. The first-order valence-corrected chi connectivity index (χ1v) is 13.7. The Kier molecular flexibility index (Phi) is 6.31. The minimum absolute atomic E-state index is 0.0226. The zero-order valence-electron chi connectivity index (χ0n) is 20.2. The van der Waals surface area contributed by atoms with Crippen LogP contribution >= 0.6 is 0 Å². The molecule has 2 heterocycles. The number of carbonyl (C=O) groups excluding carboxylic acids is 2. The van der Waals surface area contributed by atoms with Gasteiger partial charge in [-0.2, -0.15) is 18.4 Å². The molecular weight excluding hydrogens is 523 g/mol. The first-order valence-electron chi connectivity index (χ1n) is 11.8. The van der Waals surface area contributed by atoms with Gasteiger partial charge in [0.2, 0.25) is 0 Å². The van der Waals surface area contributed by atoms with Crippen LogP contribution in [0.1, 0.15) is 35.6 Å². The van der Waals surface area contributed by atoms with Crippen LogP contribution in [0.4, 0.5) is 23.7 Å². The molecule has 0 aromatic heterocycles. The number of sulfone groups is 1. The van der Waals surface area contributed by atoms with Crippen LogP contribution in [0.15, 0.2) is 58.6 Å². The molecule has 198 valence electrons. The highest BCUT2D eigenvalue weighted by Gasteiger charge is 2.48. The maximum absolute atomic E-state index is 14.1. The number of rotatable bonds is 5. The van der Waals surface area contributed by atoms with E-state index in [9.17, 15) is 36.4 Å². The predicted octanol–water partition coefficient (Wildman–Crippen LogP) is 4.23. The number of carbonyl (C=O) groups is 2. The molecule has 0 unspecified atom stereocenters. The third-order valence-electron chi connectivity index (χ3n) is 6.92. The molecule has 2 aromatic rings. The van der Waals surface area contributed by atoms with Crippen molar-refractivity contribution in [2.45, 2.75) is 30.0 Å². The monoisotopic (exact) mass is 545 g/mol. The van der Waals surface area contributed by atoms with Crippen LogP contribution < -0.4 is 4.90 Å². The highest BCUT2D eigenvalue weighted by atomic mass is 32.2. The van der Waals surface area contributed by atoms with Crippen molar-refractivity contribution in [1.82, 2.24) is 4.90 Å². The van der Waals surface area contributed by atoms with Gasteiger partial charge in [0.25, 0.3) is 0 Å². The number of hydrogen-bond donors (Lipinski definition) is 0. The van der Waals surface area contributed by atoms with Crippen molar-refractivity contribution >= 4 is 27.3 Å². The zero-order valence-corrected chi connectivity index (χ0v) is 21.0. The Morgan fingerprint density at radius 1 is 1.11 bits per heavy atom.